The summed E-state index contributed by atoms with van der Waals surface area (Å²) in [5, 5.41) is 35.8. The fourth-order valence-electron chi connectivity index (χ4n) is 11.8. The summed E-state index contributed by atoms with van der Waals surface area (Å²) in [5.41, 5.74) is 19.9. The fraction of sp³-hybridized carbons (Fsp3) is 0. The smallest absolute Gasteiger partial charge is 0.187 e. The molecule has 0 radical (unpaired) electrons. The van der Waals surface area contributed by atoms with Crippen LogP contribution in [0.2, 0.25) is 0 Å². The highest BCUT2D eigenvalue weighted by Gasteiger charge is 2.25. The zero-order chi connectivity index (χ0) is 56.8. The number of hydrogen-bond donors (Lipinski definition) is 0. The third kappa shape index (κ3) is 8.74. The van der Waals surface area contributed by atoms with Gasteiger partial charge in [-0.15, -0.1) is 0 Å². The van der Waals surface area contributed by atoms with Crippen molar-refractivity contribution >= 4 is 55.0 Å². The van der Waals surface area contributed by atoms with E-state index in [1.54, 1.807) is 12.1 Å². The average molecular weight is 1070 g/mol. The second-order valence-electron chi connectivity index (χ2n) is 20.7. The molecule has 8 nitrogen and oxygen atoms in total. The molecule has 0 amide bonds. The van der Waals surface area contributed by atoms with Crippen LogP contribution in [0.15, 0.2) is 255 Å². The zero-order valence-corrected chi connectivity index (χ0v) is 44.8. The third-order valence-corrected chi connectivity index (χ3v) is 15.8. The number of rotatable bonds is 9. The Bertz CT molecular complexity index is 4720. The molecule has 0 unspecified atom stereocenters. The van der Waals surface area contributed by atoms with Gasteiger partial charge < -0.3 is 9.13 Å². The molecule has 386 valence electrons. The molecule has 11 aromatic carbocycles. The molecule has 3 heterocycles. The first-order valence-electron chi connectivity index (χ1n) is 27.2. The summed E-state index contributed by atoms with van der Waals surface area (Å²) in [5.74, 6) is 0. The first-order chi connectivity index (χ1) is 41.4. The van der Waals surface area contributed by atoms with E-state index in [1.807, 2.05) is 121 Å². The summed E-state index contributed by atoms with van der Waals surface area (Å²) < 4.78 is 4.41. The van der Waals surface area contributed by atoms with Crippen molar-refractivity contribution in [2.24, 2.45) is 0 Å². The highest BCUT2D eigenvalue weighted by Crippen LogP contribution is 2.45. The Kier molecular flexibility index (Phi) is 12.3. The van der Waals surface area contributed by atoms with Crippen LogP contribution in [0.5, 0.6) is 0 Å². The van der Waals surface area contributed by atoms with E-state index >= 15 is 0 Å². The zero-order valence-electron chi connectivity index (χ0n) is 44.8. The van der Waals surface area contributed by atoms with E-state index in [2.05, 4.69) is 158 Å². The Labute approximate surface area is 484 Å². The third-order valence-electron chi connectivity index (χ3n) is 15.8. The predicted octanol–water partition coefficient (Wildman–Crippen LogP) is 19.7. The van der Waals surface area contributed by atoms with E-state index in [9.17, 15) is 15.8 Å². The second-order valence-corrected chi connectivity index (χ2v) is 20.7. The maximum absolute atomic E-state index is 12.1. The van der Waals surface area contributed by atoms with E-state index in [0.29, 0.717) is 39.4 Å². The summed E-state index contributed by atoms with van der Waals surface area (Å²) in [7, 11) is 0. The SMILES string of the molecule is [C-]#[N+]c1cccc(-c2ccc3c(c2)c2cc(-c4cccc([N+]#[C-])c4)ccc2n3-c2cc(-c3cc(-c4ccccc4)nc(-c4ccccc4)c3)cc(-n3c4ccc(-c5cccc(C#N)c5)cc4c4cc(-c5cccc(C#N)c5)ccc43)c2C#N)c1. The fourth-order valence-corrected chi connectivity index (χ4v) is 11.8. The van der Waals surface area contributed by atoms with Gasteiger partial charge in [0.25, 0.3) is 0 Å². The summed E-state index contributed by atoms with van der Waals surface area (Å²) in [6.07, 6.45) is 0. The van der Waals surface area contributed by atoms with E-state index in [0.717, 1.165) is 122 Å². The lowest BCUT2D eigenvalue weighted by Gasteiger charge is -2.19. The van der Waals surface area contributed by atoms with Crippen molar-refractivity contribution in [3.05, 3.63) is 294 Å². The summed E-state index contributed by atoms with van der Waals surface area (Å²) in [6, 6.07) is 92.2. The van der Waals surface area contributed by atoms with Crippen LogP contribution in [0.1, 0.15) is 16.7 Å². The summed E-state index contributed by atoms with van der Waals surface area (Å²) in [4.78, 5) is 12.8. The molecule has 0 atom stereocenters. The molecule has 0 N–H and O–H groups in total. The molecule has 0 spiro atoms. The number of nitrogens with zero attached hydrogens (tertiary/aromatic N) is 8. The second kappa shape index (κ2) is 20.7. The molecule has 84 heavy (non-hydrogen) atoms. The van der Waals surface area contributed by atoms with Crippen molar-refractivity contribution in [2.45, 2.75) is 0 Å². The quantitative estimate of drug-likeness (QED) is 0.134. The first-order valence-corrected chi connectivity index (χ1v) is 27.2. The van der Waals surface area contributed by atoms with Crippen LogP contribution in [0.3, 0.4) is 0 Å². The highest BCUT2D eigenvalue weighted by molar-refractivity contribution is 6.14. The summed E-state index contributed by atoms with van der Waals surface area (Å²) in [6.45, 7) is 15.7. The van der Waals surface area contributed by atoms with Crippen LogP contribution in [0.25, 0.3) is 143 Å². The highest BCUT2D eigenvalue weighted by atomic mass is 15.0. The number of hydrogen-bond acceptors (Lipinski definition) is 4. The van der Waals surface area contributed by atoms with Crippen LogP contribution < -0.4 is 0 Å². The molecule has 0 bridgehead atoms. The van der Waals surface area contributed by atoms with Gasteiger partial charge in [0, 0.05) is 32.7 Å². The van der Waals surface area contributed by atoms with Crippen LogP contribution in [0.4, 0.5) is 11.4 Å². The summed E-state index contributed by atoms with van der Waals surface area (Å²) >= 11 is 0. The number of benzene rings is 11. The van der Waals surface area contributed by atoms with E-state index in [-0.39, 0.29) is 0 Å². The van der Waals surface area contributed by atoms with Crippen molar-refractivity contribution in [1.29, 1.82) is 15.8 Å². The maximum atomic E-state index is 12.1. The van der Waals surface area contributed by atoms with Crippen molar-refractivity contribution in [1.82, 2.24) is 14.1 Å². The molecule has 0 aliphatic rings. The van der Waals surface area contributed by atoms with Gasteiger partial charge >= 0.3 is 0 Å². The normalized spacial score (nSPS) is 11.0. The molecular weight excluding hydrogens is 1020 g/mol. The van der Waals surface area contributed by atoms with Gasteiger partial charge in [-0.2, -0.15) is 15.8 Å². The predicted molar refractivity (Wildman–Crippen MR) is 338 cm³/mol. The van der Waals surface area contributed by atoms with Gasteiger partial charge in [-0.1, -0.05) is 146 Å². The topological polar surface area (TPSA) is 103 Å². The Morgan fingerprint density at radius 3 is 0.988 bits per heavy atom. The Hall–Kier alpha value is -12.4. The molecule has 0 aliphatic heterocycles. The minimum absolute atomic E-state index is 0.427. The van der Waals surface area contributed by atoms with Gasteiger partial charge in [-0.25, -0.2) is 14.7 Å². The van der Waals surface area contributed by atoms with Crippen molar-refractivity contribution in [3.63, 3.8) is 0 Å². The lowest BCUT2D eigenvalue weighted by Crippen LogP contribution is -2.05. The van der Waals surface area contributed by atoms with Gasteiger partial charge in [0.2, 0.25) is 0 Å². The first kappa shape index (κ1) is 49.9. The van der Waals surface area contributed by atoms with Crippen molar-refractivity contribution in [3.8, 4) is 108 Å². The molecule has 8 heteroatoms. The molecular formula is C76H42N8. The number of aromatic nitrogens is 3. The van der Waals surface area contributed by atoms with E-state index < -0.39 is 0 Å². The Balaban J connectivity index is 1.10. The molecule has 3 aromatic heterocycles. The molecule has 14 rings (SSSR count). The average Bonchev–Trinajstić information content (AvgIpc) is 2.40. The lowest BCUT2D eigenvalue weighted by molar-refractivity contribution is 1.12. The Morgan fingerprint density at radius 1 is 0.298 bits per heavy atom. The van der Waals surface area contributed by atoms with Crippen LogP contribution >= 0.6 is 0 Å². The van der Waals surface area contributed by atoms with Gasteiger partial charge in [-0.3, -0.25) is 0 Å². The molecule has 0 saturated heterocycles. The number of pyridine rings is 1. The van der Waals surface area contributed by atoms with Gasteiger partial charge in [0.15, 0.2) is 11.4 Å². The number of nitriles is 3. The van der Waals surface area contributed by atoms with Crippen LogP contribution in [-0.2, 0) is 0 Å². The molecule has 0 aliphatic carbocycles. The standard InChI is InChI=1S/C76H42N8/c1-80-62-23-11-21-54(35-62)58-27-31-73-66(39-58)67-40-59(55-22-12-24-63(36-55)81-2)28-32-74(67)84(73)76-44-61(60-41-69(50-15-5-3-6-16-50)82-70(42-60)51-17-7-4-8-18-51)43-75(68(76)47-79)83-71-29-25-56(52-19-9-13-48(33-52)45-77)37-64(71)65-38-57(26-30-72(65)83)53-20-10-14-49(34-53)46-78/h3-44H. The van der Waals surface area contributed by atoms with Crippen molar-refractivity contribution < 1.29 is 0 Å². The minimum atomic E-state index is 0.427. The monoisotopic (exact) mass is 1070 g/mol. The van der Waals surface area contributed by atoms with Crippen LogP contribution in [-0.4, -0.2) is 14.1 Å². The van der Waals surface area contributed by atoms with Gasteiger partial charge in [0.05, 0.1) is 81.2 Å². The Morgan fingerprint density at radius 2 is 0.631 bits per heavy atom. The molecule has 0 saturated carbocycles. The molecule has 14 aromatic rings. The lowest BCUT2D eigenvalue weighted by atomic mass is 9.97. The van der Waals surface area contributed by atoms with Crippen LogP contribution in [0, 0.1) is 47.1 Å². The largest absolute Gasteiger partial charge is 0.308 e. The van der Waals surface area contributed by atoms with Gasteiger partial charge in [0.1, 0.15) is 11.6 Å². The van der Waals surface area contributed by atoms with Crippen molar-refractivity contribution in [2.75, 3.05) is 0 Å². The van der Waals surface area contributed by atoms with E-state index in [4.69, 9.17) is 18.1 Å². The van der Waals surface area contributed by atoms with Gasteiger partial charge in [-0.05, 0) is 165 Å². The maximum Gasteiger partial charge on any atom is 0.187 e. The minimum Gasteiger partial charge on any atom is -0.308 e. The molecule has 0 fully saturated rings. The van der Waals surface area contributed by atoms with E-state index in [1.165, 1.54) is 0 Å². The number of fused-ring (bicyclic) bond motifs is 6.